The van der Waals surface area contributed by atoms with Gasteiger partial charge in [-0.05, 0) is 30.2 Å². The largest absolute Gasteiger partial charge is 0.478 e. The summed E-state index contributed by atoms with van der Waals surface area (Å²) in [5, 5.41) is 18.2. The van der Waals surface area contributed by atoms with Gasteiger partial charge in [0.25, 0.3) is 0 Å². The summed E-state index contributed by atoms with van der Waals surface area (Å²) >= 11 is 0. The van der Waals surface area contributed by atoms with Gasteiger partial charge in [0.05, 0.1) is 30.4 Å². The molecule has 2 aromatic heterocycles. The minimum absolute atomic E-state index is 0.0447. The van der Waals surface area contributed by atoms with Crippen LogP contribution in [0.1, 0.15) is 22.3 Å². The zero-order valence-electron chi connectivity index (χ0n) is 17.9. The maximum atomic E-state index is 12.9. The van der Waals surface area contributed by atoms with Crippen molar-refractivity contribution in [1.29, 1.82) is 0 Å². The summed E-state index contributed by atoms with van der Waals surface area (Å²) < 4.78 is 7.24. The van der Waals surface area contributed by atoms with Crippen molar-refractivity contribution in [2.75, 3.05) is 31.2 Å². The number of carbonyl (C=O) groups is 1. The predicted molar refractivity (Wildman–Crippen MR) is 124 cm³/mol. The third-order valence-electron chi connectivity index (χ3n) is 5.77. The van der Waals surface area contributed by atoms with Crippen LogP contribution in [0.5, 0.6) is 0 Å². The number of pyridine rings is 1. The van der Waals surface area contributed by atoms with E-state index in [0.717, 1.165) is 48.6 Å². The molecule has 1 aliphatic rings. The standard InChI is InChI=1S/C24H23N5O4/c30-21-13-22(28-9-2-11-33-12-10-28)25-23-18(3-1-4-19(21)23)20-15-29(27-26-20)14-16-5-7-17(8-6-16)24(31)32/h1,3-8,13,15H,2,9-12,14H2,(H,25,30)(H,31,32). The summed E-state index contributed by atoms with van der Waals surface area (Å²) in [5.41, 5.74) is 3.28. The summed E-state index contributed by atoms with van der Waals surface area (Å²) in [4.78, 5) is 29.5. The lowest BCUT2D eigenvalue weighted by atomic mass is 10.1. The van der Waals surface area contributed by atoms with E-state index in [1.54, 1.807) is 41.1 Å². The number of anilines is 1. The van der Waals surface area contributed by atoms with Gasteiger partial charge in [0.15, 0.2) is 5.43 Å². The number of carboxylic acids is 1. The number of nitrogens with one attached hydrogen (secondary N) is 1. The normalized spacial score (nSPS) is 14.4. The van der Waals surface area contributed by atoms with Gasteiger partial charge in [0, 0.05) is 36.7 Å². The van der Waals surface area contributed by atoms with E-state index in [0.29, 0.717) is 24.2 Å². The van der Waals surface area contributed by atoms with Crippen molar-refractivity contribution in [3.8, 4) is 11.3 Å². The van der Waals surface area contributed by atoms with Crippen molar-refractivity contribution >= 4 is 22.7 Å². The third-order valence-corrected chi connectivity index (χ3v) is 5.77. The van der Waals surface area contributed by atoms with E-state index in [4.69, 9.17) is 9.84 Å². The molecule has 0 unspecified atom stereocenters. The van der Waals surface area contributed by atoms with Crippen molar-refractivity contribution in [3.05, 3.63) is 76.1 Å². The van der Waals surface area contributed by atoms with Gasteiger partial charge in [-0.15, -0.1) is 5.10 Å². The molecule has 0 radical (unpaired) electrons. The fourth-order valence-corrected chi connectivity index (χ4v) is 4.07. The number of benzene rings is 2. The van der Waals surface area contributed by atoms with Crippen LogP contribution in [0, 0.1) is 0 Å². The smallest absolute Gasteiger partial charge is 0.335 e. The van der Waals surface area contributed by atoms with Crippen LogP contribution in [0.3, 0.4) is 0 Å². The first kappa shape index (κ1) is 20.9. The van der Waals surface area contributed by atoms with E-state index in [-0.39, 0.29) is 11.0 Å². The first-order valence-corrected chi connectivity index (χ1v) is 10.8. The van der Waals surface area contributed by atoms with E-state index in [9.17, 15) is 9.59 Å². The summed E-state index contributed by atoms with van der Waals surface area (Å²) in [6.07, 6.45) is 2.73. The van der Waals surface area contributed by atoms with E-state index >= 15 is 0 Å². The second kappa shape index (κ2) is 8.87. The number of rotatable bonds is 5. The van der Waals surface area contributed by atoms with Gasteiger partial charge in [-0.3, -0.25) is 4.79 Å². The SMILES string of the molecule is O=C(O)c1ccc(Cn2cc(-c3cccc4c(=O)cc(N5CCCOCC5)[nH]c34)nn2)cc1. The Balaban J connectivity index is 1.47. The summed E-state index contributed by atoms with van der Waals surface area (Å²) in [7, 11) is 0. The van der Waals surface area contributed by atoms with Crippen LogP contribution in [-0.2, 0) is 11.3 Å². The Morgan fingerprint density at radius 3 is 2.79 bits per heavy atom. The minimum Gasteiger partial charge on any atom is -0.478 e. The summed E-state index contributed by atoms with van der Waals surface area (Å²) in [6, 6.07) is 13.9. The molecule has 0 bridgehead atoms. The highest BCUT2D eigenvalue weighted by Crippen LogP contribution is 2.26. The van der Waals surface area contributed by atoms with Gasteiger partial charge in [0.1, 0.15) is 11.5 Å². The van der Waals surface area contributed by atoms with Gasteiger partial charge in [-0.2, -0.15) is 0 Å². The second-order valence-corrected chi connectivity index (χ2v) is 8.00. The Morgan fingerprint density at radius 2 is 1.97 bits per heavy atom. The van der Waals surface area contributed by atoms with Gasteiger partial charge >= 0.3 is 5.97 Å². The van der Waals surface area contributed by atoms with Crippen molar-refractivity contribution in [2.24, 2.45) is 0 Å². The lowest BCUT2D eigenvalue weighted by Gasteiger charge is -2.22. The Bertz CT molecular complexity index is 1350. The molecule has 168 valence electrons. The zero-order valence-corrected chi connectivity index (χ0v) is 17.9. The molecule has 1 aliphatic heterocycles. The topological polar surface area (TPSA) is 113 Å². The molecular formula is C24H23N5O4. The van der Waals surface area contributed by atoms with Crippen molar-refractivity contribution in [2.45, 2.75) is 13.0 Å². The molecule has 1 saturated heterocycles. The Labute approximate surface area is 189 Å². The van der Waals surface area contributed by atoms with E-state index < -0.39 is 5.97 Å². The highest BCUT2D eigenvalue weighted by atomic mass is 16.5. The van der Waals surface area contributed by atoms with Gasteiger partial charge in [0.2, 0.25) is 0 Å². The average molecular weight is 445 g/mol. The van der Waals surface area contributed by atoms with Crippen LogP contribution >= 0.6 is 0 Å². The highest BCUT2D eigenvalue weighted by Gasteiger charge is 2.16. The number of para-hydroxylation sites is 1. The molecular weight excluding hydrogens is 422 g/mol. The maximum Gasteiger partial charge on any atom is 0.335 e. The molecule has 3 heterocycles. The number of H-pyrrole nitrogens is 1. The Hall–Kier alpha value is -3.98. The molecule has 2 N–H and O–H groups in total. The van der Waals surface area contributed by atoms with Crippen LogP contribution in [0.2, 0.25) is 0 Å². The first-order chi connectivity index (χ1) is 16.1. The molecule has 0 amide bonds. The molecule has 33 heavy (non-hydrogen) atoms. The zero-order chi connectivity index (χ0) is 22.8. The molecule has 1 fully saturated rings. The number of nitrogens with zero attached hydrogens (tertiary/aromatic N) is 4. The average Bonchev–Trinajstić information content (AvgIpc) is 3.10. The van der Waals surface area contributed by atoms with Crippen molar-refractivity contribution in [3.63, 3.8) is 0 Å². The number of carboxylic acid groups (broad SMARTS) is 1. The van der Waals surface area contributed by atoms with Crippen LogP contribution in [0.15, 0.2) is 59.5 Å². The molecule has 0 saturated carbocycles. The van der Waals surface area contributed by atoms with E-state index in [1.807, 2.05) is 18.3 Å². The maximum absolute atomic E-state index is 12.9. The van der Waals surface area contributed by atoms with Crippen LogP contribution < -0.4 is 10.3 Å². The molecule has 5 rings (SSSR count). The number of aromatic carboxylic acids is 1. The van der Waals surface area contributed by atoms with Crippen LogP contribution in [0.25, 0.3) is 22.2 Å². The molecule has 0 atom stereocenters. The fourth-order valence-electron chi connectivity index (χ4n) is 4.07. The Morgan fingerprint density at radius 1 is 1.12 bits per heavy atom. The number of ether oxygens (including phenoxy) is 1. The molecule has 9 heteroatoms. The minimum atomic E-state index is -0.957. The van der Waals surface area contributed by atoms with E-state index in [2.05, 4.69) is 20.2 Å². The molecule has 2 aromatic carbocycles. The van der Waals surface area contributed by atoms with E-state index in [1.165, 1.54) is 0 Å². The summed E-state index contributed by atoms with van der Waals surface area (Å²) in [6.45, 7) is 3.35. The van der Waals surface area contributed by atoms with Gasteiger partial charge in [-0.25, -0.2) is 9.48 Å². The second-order valence-electron chi connectivity index (χ2n) is 8.00. The number of hydrogen-bond acceptors (Lipinski definition) is 6. The molecule has 0 spiro atoms. The fraction of sp³-hybridized carbons (Fsp3) is 0.250. The first-order valence-electron chi connectivity index (χ1n) is 10.8. The molecule has 9 nitrogen and oxygen atoms in total. The predicted octanol–water partition coefficient (Wildman–Crippen LogP) is 2.76. The quantitative estimate of drug-likeness (QED) is 0.486. The molecule has 4 aromatic rings. The monoisotopic (exact) mass is 445 g/mol. The summed E-state index contributed by atoms with van der Waals surface area (Å²) in [5.74, 6) is -0.182. The number of aromatic nitrogens is 4. The van der Waals surface area contributed by atoms with Crippen LogP contribution in [0.4, 0.5) is 5.82 Å². The number of hydrogen-bond donors (Lipinski definition) is 2. The highest BCUT2D eigenvalue weighted by molar-refractivity contribution is 5.93. The lowest BCUT2D eigenvalue weighted by molar-refractivity contribution is 0.0697. The van der Waals surface area contributed by atoms with Crippen LogP contribution in [-0.4, -0.2) is 57.4 Å². The number of fused-ring (bicyclic) bond motifs is 1. The van der Waals surface area contributed by atoms with Crippen molar-refractivity contribution < 1.29 is 14.6 Å². The lowest BCUT2D eigenvalue weighted by Crippen LogP contribution is -2.28. The van der Waals surface area contributed by atoms with Gasteiger partial charge in [-0.1, -0.05) is 29.5 Å². The third kappa shape index (κ3) is 4.35. The Kier molecular flexibility index (Phi) is 5.62. The molecule has 0 aliphatic carbocycles. The van der Waals surface area contributed by atoms with Gasteiger partial charge < -0.3 is 19.7 Å². The number of aromatic amines is 1. The van der Waals surface area contributed by atoms with Crippen molar-refractivity contribution in [1.82, 2.24) is 20.0 Å².